The molecule has 0 aliphatic rings. The van der Waals surface area contributed by atoms with Crippen molar-refractivity contribution in [3.05, 3.63) is 0 Å². The van der Waals surface area contributed by atoms with Crippen LogP contribution in [0.4, 0.5) is 0 Å². The van der Waals surface area contributed by atoms with Gasteiger partial charge in [-0.3, -0.25) is 37.3 Å². The molecule has 0 aliphatic heterocycles. The standard InChI is InChI=1S/C69H134O17P2/c1-7-11-13-15-16-17-18-19-20-21-22-23-24-25-26-27-35-41-47-53-68(73)86-65(58-80-67(72)52-46-40-34-30-28-32-38-43-49-61(5)9-3)60-84-88(77,78)82-56-63(70)55-81-87(75,76)83-59-64(57-79-66(71)51-45-37-14-12-8-2)85-69(74)54-48-42-36-31-29-33-39-44-50-62(6)10-4/h61-65,70H,7-60H2,1-6H3,(H,75,76)(H,77,78)/t61?,62?,63-,64+,65+/m0/s1. The van der Waals surface area contributed by atoms with Crippen LogP contribution in [0.5, 0.6) is 0 Å². The molecular weight excluding hydrogens is 1160 g/mol. The van der Waals surface area contributed by atoms with Gasteiger partial charge in [-0.25, -0.2) is 9.13 Å². The Morgan fingerprint density at radius 3 is 0.807 bits per heavy atom. The van der Waals surface area contributed by atoms with Crippen molar-refractivity contribution in [2.45, 2.75) is 368 Å². The van der Waals surface area contributed by atoms with Gasteiger partial charge in [0.05, 0.1) is 26.4 Å². The number of hydrogen-bond donors (Lipinski definition) is 3. The largest absolute Gasteiger partial charge is 0.472 e. The Labute approximate surface area is 537 Å². The van der Waals surface area contributed by atoms with E-state index in [9.17, 15) is 43.2 Å². The van der Waals surface area contributed by atoms with E-state index in [1.54, 1.807) is 0 Å². The second kappa shape index (κ2) is 61.3. The van der Waals surface area contributed by atoms with Crippen molar-refractivity contribution in [3.8, 4) is 0 Å². The summed E-state index contributed by atoms with van der Waals surface area (Å²) in [5, 5.41) is 10.5. The van der Waals surface area contributed by atoms with E-state index in [1.165, 1.54) is 161 Å². The Balaban J connectivity index is 5.14. The Morgan fingerprint density at radius 1 is 0.318 bits per heavy atom. The van der Waals surface area contributed by atoms with Crippen LogP contribution in [0.15, 0.2) is 0 Å². The molecule has 3 N–H and O–H groups in total. The molecule has 7 atom stereocenters. The van der Waals surface area contributed by atoms with Crippen LogP contribution >= 0.6 is 15.6 Å². The van der Waals surface area contributed by atoms with Gasteiger partial charge >= 0.3 is 39.5 Å². The molecule has 0 heterocycles. The number of esters is 4. The molecule has 0 saturated heterocycles. The van der Waals surface area contributed by atoms with E-state index in [0.717, 1.165) is 108 Å². The number of ether oxygens (including phenoxy) is 4. The minimum atomic E-state index is -4.95. The molecule has 0 aromatic heterocycles. The zero-order chi connectivity index (χ0) is 65.0. The predicted molar refractivity (Wildman–Crippen MR) is 354 cm³/mol. The second-order valence-corrected chi connectivity index (χ2v) is 28.3. The smallest absolute Gasteiger partial charge is 0.462 e. The van der Waals surface area contributed by atoms with Gasteiger partial charge in [0, 0.05) is 25.7 Å². The molecule has 0 radical (unpaired) electrons. The maximum Gasteiger partial charge on any atom is 0.472 e. The Hall–Kier alpha value is -1.94. The first-order valence-electron chi connectivity index (χ1n) is 36.1. The fourth-order valence-corrected chi connectivity index (χ4v) is 11.9. The van der Waals surface area contributed by atoms with Crippen LogP contribution in [0, 0.1) is 11.8 Å². The van der Waals surface area contributed by atoms with E-state index in [4.69, 9.17) is 37.0 Å². The number of phosphoric acid groups is 2. The lowest BCUT2D eigenvalue weighted by Crippen LogP contribution is -2.30. The molecule has 88 heavy (non-hydrogen) atoms. The Kier molecular flexibility index (Phi) is 59.9. The average Bonchev–Trinajstić information content (AvgIpc) is 3.60. The average molecular weight is 1300 g/mol. The maximum absolute atomic E-state index is 13.0. The minimum absolute atomic E-state index is 0.104. The van der Waals surface area contributed by atoms with Gasteiger partial charge < -0.3 is 33.8 Å². The fraction of sp³-hybridized carbons (Fsp3) is 0.942. The molecule has 0 aromatic rings. The third-order valence-corrected chi connectivity index (χ3v) is 18.6. The molecule has 17 nitrogen and oxygen atoms in total. The van der Waals surface area contributed by atoms with Gasteiger partial charge in [-0.05, 0) is 37.5 Å². The summed E-state index contributed by atoms with van der Waals surface area (Å²) in [5.41, 5.74) is 0. The van der Waals surface area contributed by atoms with Crippen molar-refractivity contribution in [2.24, 2.45) is 11.8 Å². The normalized spacial score (nSPS) is 14.8. The van der Waals surface area contributed by atoms with Gasteiger partial charge in [0.15, 0.2) is 12.2 Å². The summed E-state index contributed by atoms with van der Waals surface area (Å²) in [7, 11) is -9.89. The zero-order valence-corrected chi connectivity index (χ0v) is 58.8. The quantitative estimate of drug-likeness (QED) is 0.0222. The van der Waals surface area contributed by atoms with Crippen molar-refractivity contribution in [1.29, 1.82) is 0 Å². The van der Waals surface area contributed by atoms with E-state index >= 15 is 0 Å². The minimum Gasteiger partial charge on any atom is -0.462 e. The van der Waals surface area contributed by atoms with Crippen LogP contribution in [-0.4, -0.2) is 96.7 Å². The van der Waals surface area contributed by atoms with Gasteiger partial charge in [-0.1, -0.05) is 298 Å². The highest BCUT2D eigenvalue weighted by Gasteiger charge is 2.30. The van der Waals surface area contributed by atoms with Crippen LogP contribution in [-0.2, 0) is 65.4 Å². The van der Waals surface area contributed by atoms with Crippen LogP contribution < -0.4 is 0 Å². The lowest BCUT2D eigenvalue weighted by atomic mass is 9.99. The van der Waals surface area contributed by atoms with Crippen LogP contribution in [0.1, 0.15) is 350 Å². The van der Waals surface area contributed by atoms with E-state index < -0.39 is 97.5 Å². The van der Waals surface area contributed by atoms with Gasteiger partial charge in [0.1, 0.15) is 19.3 Å². The summed E-state index contributed by atoms with van der Waals surface area (Å²) >= 11 is 0. The summed E-state index contributed by atoms with van der Waals surface area (Å²) in [6.07, 6.45) is 46.2. The highest BCUT2D eigenvalue weighted by Crippen LogP contribution is 2.45. The number of aliphatic hydroxyl groups is 1. The van der Waals surface area contributed by atoms with Crippen LogP contribution in [0.25, 0.3) is 0 Å². The summed E-state index contributed by atoms with van der Waals surface area (Å²) < 4.78 is 68.0. The predicted octanol–water partition coefficient (Wildman–Crippen LogP) is 19.6. The lowest BCUT2D eigenvalue weighted by Gasteiger charge is -2.21. The summed E-state index contributed by atoms with van der Waals surface area (Å²) in [6.45, 7) is 9.45. The van der Waals surface area contributed by atoms with E-state index in [-0.39, 0.29) is 25.7 Å². The monoisotopic (exact) mass is 1300 g/mol. The Morgan fingerprint density at radius 2 is 0.545 bits per heavy atom. The third-order valence-electron chi connectivity index (χ3n) is 16.7. The molecule has 0 aromatic carbocycles. The second-order valence-electron chi connectivity index (χ2n) is 25.4. The molecule has 0 saturated carbocycles. The molecular formula is C69H134O17P2. The number of hydrogen-bond acceptors (Lipinski definition) is 15. The highest BCUT2D eigenvalue weighted by molar-refractivity contribution is 7.47. The molecule has 0 rings (SSSR count). The molecule has 0 amide bonds. The number of carbonyl (C=O) groups is 4. The molecule has 4 unspecified atom stereocenters. The maximum atomic E-state index is 13.0. The molecule has 0 bridgehead atoms. The number of phosphoric ester groups is 2. The van der Waals surface area contributed by atoms with Gasteiger partial charge in [0.2, 0.25) is 0 Å². The summed E-state index contributed by atoms with van der Waals surface area (Å²) in [4.78, 5) is 72.2. The van der Waals surface area contributed by atoms with Gasteiger partial charge in [-0.2, -0.15) is 0 Å². The van der Waals surface area contributed by atoms with Crippen molar-refractivity contribution in [3.63, 3.8) is 0 Å². The van der Waals surface area contributed by atoms with Crippen molar-refractivity contribution >= 4 is 39.5 Å². The first-order chi connectivity index (χ1) is 42.4. The molecule has 0 spiro atoms. The molecule has 0 aliphatic carbocycles. The van der Waals surface area contributed by atoms with E-state index in [1.807, 2.05) is 0 Å². The molecule has 19 heteroatoms. The summed E-state index contributed by atoms with van der Waals surface area (Å²) in [6, 6.07) is 0. The van der Waals surface area contributed by atoms with Crippen molar-refractivity contribution in [2.75, 3.05) is 39.6 Å². The van der Waals surface area contributed by atoms with Gasteiger partial charge in [0.25, 0.3) is 0 Å². The third kappa shape index (κ3) is 60.3. The van der Waals surface area contributed by atoms with Gasteiger partial charge in [-0.15, -0.1) is 0 Å². The number of rotatable bonds is 68. The van der Waals surface area contributed by atoms with Crippen LogP contribution in [0.3, 0.4) is 0 Å². The van der Waals surface area contributed by atoms with Crippen molar-refractivity contribution in [1.82, 2.24) is 0 Å². The molecule has 522 valence electrons. The van der Waals surface area contributed by atoms with E-state index in [0.29, 0.717) is 25.7 Å². The lowest BCUT2D eigenvalue weighted by molar-refractivity contribution is -0.161. The first-order valence-corrected chi connectivity index (χ1v) is 39.1. The van der Waals surface area contributed by atoms with Crippen LogP contribution in [0.2, 0.25) is 0 Å². The zero-order valence-electron chi connectivity index (χ0n) is 57.0. The number of carbonyl (C=O) groups excluding carboxylic acids is 4. The summed E-state index contributed by atoms with van der Waals surface area (Å²) in [5.74, 6) is -0.591. The topological polar surface area (TPSA) is 237 Å². The fourth-order valence-electron chi connectivity index (χ4n) is 10.4. The highest BCUT2D eigenvalue weighted by atomic mass is 31.2. The number of aliphatic hydroxyl groups excluding tert-OH is 1. The number of unbranched alkanes of at least 4 members (excludes halogenated alkanes) is 36. The SMILES string of the molecule is CCCCCCCCCCCCCCCCCCCCCC(=O)O[C@H](COC(=O)CCCCCCCCCCC(C)CC)COP(=O)(O)OC[C@@H](O)COP(=O)(O)OC[C@@H](COC(=O)CCCCCCC)OC(=O)CCCCCCCCCCC(C)CC. The van der Waals surface area contributed by atoms with E-state index in [2.05, 4.69) is 41.5 Å². The Bertz CT molecular complexity index is 1720. The first kappa shape index (κ1) is 86.1. The van der Waals surface area contributed by atoms with Crippen molar-refractivity contribution < 1.29 is 80.2 Å². The molecule has 0 fully saturated rings.